The minimum atomic E-state index is -0.162. The van der Waals surface area contributed by atoms with Crippen LogP contribution in [0.15, 0.2) is 18.2 Å². The lowest BCUT2D eigenvalue weighted by Gasteiger charge is -2.20. The van der Waals surface area contributed by atoms with Gasteiger partial charge in [0.15, 0.2) is 0 Å². The maximum absolute atomic E-state index is 12.2. The summed E-state index contributed by atoms with van der Waals surface area (Å²) in [4.78, 5) is 14.6. The Kier molecular flexibility index (Phi) is 7.54. The molecule has 0 heterocycles. The van der Waals surface area contributed by atoms with Crippen molar-refractivity contribution in [2.45, 2.75) is 39.7 Å². The molecule has 4 nitrogen and oxygen atoms in total. The average molecular weight is 312 g/mol. The number of carbonyl (C=O) groups excluding carboxylic acids is 1. The first-order valence-electron chi connectivity index (χ1n) is 7.56. The third-order valence-corrected chi connectivity index (χ3v) is 4.01. The molecule has 5 heteroatoms. The van der Waals surface area contributed by atoms with E-state index in [2.05, 4.69) is 24.1 Å². The molecule has 1 aromatic carbocycles. The molecule has 0 spiro atoms. The molecule has 0 saturated heterocycles. The number of hydrogen-bond acceptors (Lipinski definition) is 3. The van der Waals surface area contributed by atoms with E-state index >= 15 is 0 Å². The number of nitrogens with one attached hydrogen (secondary N) is 1. The van der Waals surface area contributed by atoms with Gasteiger partial charge in [-0.15, -0.1) is 0 Å². The van der Waals surface area contributed by atoms with E-state index in [0.29, 0.717) is 16.3 Å². The molecule has 3 N–H and O–H groups in total. The van der Waals surface area contributed by atoms with Crippen molar-refractivity contribution in [3.8, 4) is 0 Å². The van der Waals surface area contributed by atoms with E-state index in [0.717, 1.165) is 32.5 Å². The zero-order chi connectivity index (χ0) is 15.8. The van der Waals surface area contributed by atoms with Crippen molar-refractivity contribution in [2.24, 2.45) is 0 Å². The highest BCUT2D eigenvalue weighted by atomic mass is 35.5. The van der Waals surface area contributed by atoms with Gasteiger partial charge in [0.2, 0.25) is 0 Å². The normalized spacial score (nSPS) is 12.4. The summed E-state index contributed by atoms with van der Waals surface area (Å²) in [5.41, 5.74) is 6.62. The molecule has 118 valence electrons. The van der Waals surface area contributed by atoms with E-state index in [4.69, 9.17) is 17.3 Å². The van der Waals surface area contributed by atoms with Crippen LogP contribution in [0.1, 0.15) is 44.0 Å². The van der Waals surface area contributed by atoms with Gasteiger partial charge in [0.25, 0.3) is 5.91 Å². The highest BCUT2D eigenvalue weighted by molar-refractivity contribution is 6.33. The molecule has 0 saturated carbocycles. The lowest BCUT2D eigenvalue weighted by atomic mass is 10.1. The minimum absolute atomic E-state index is 0.117. The summed E-state index contributed by atoms with van der Waals surface area (Å²) in [5, 5.41) is 3.39. The van der Waals surface area contributed by atoms with Crippen LogP contribution in [0.3, 0.4) is 0 Å². The number of benzene rings is 1. The second kappa shape index (κ2) is 8.90. The molecule has 0 aliphatic carbocycles. The summed E-state index contributed by atoms with van der Waals surface area (Å²) in [6.45, 7) is 9.53. The van der Waals surface area contributed by atoms with Crippen LogP contribution >= 0.6 is 11.6 Å². The van der Waals surface area contributed by atoms with Crippen LogP contribution in [0.5, 0.6) is 0 Å². The van der Waals surface area contributed by atoms with Gasteiger partial charge in [0.1, 0.15) is 0 Å². The standard InChI is InChI=1S/C16H26ClN3O/c1-4-20(5-2)11-7-8-12(3)19-16(21)13-9-6-10-14(17)15(13)18/h6,9-10,12H,4-5,7-8,11,18H2,1-3H3,(H,19,21). The zero-order valence-corrected chi connectivity index (χ0v) is 13.9. The van der Waals surface area contributed by atoms with Gasteiger partial charge < -0.3 is 16.0 Å². The van der Waals surface area contributed by atoms with Crippen LogP contribution < -0.4 is 11.1 Å². The number of rotatable bonds is 8. The molecule has 0 radical (unpaired) electrons. The summed E-state index contributed by atoms with van der Waals surface area (Å²) in [5.74, 6) is -0.162. The van der Waals surface area contributed by atoms with Crippen LogP contribution in [0.2, 0.25) is 5.02 Å². The van der Waals surface area contributed by atoms with Gasteiger partial charge in [-0.3, -0.25) is 4.79 Å². The predicted octanol–water partition coefficient (Wildman–Crippen LogP) is 3.16. The van der Waals surface area contributed by atoms with Crippen molar-refractivity contribution in [2.75, 3.05) is 25.4 Å². The molecular weight excluding hydrogens is 286 g/mol. The molecule has 0 fully saturated rings. The third kappa shape index (κ3) is 5.56. The third-order valence-electron chi connectivity index (χ3n) is 3.68. The first kappa shape index (κ1) is 17.8. The van der Waals surface area contributed by atoms with Crippen LogP contribution in [0, 0.1) is 0 Å². The predicted molar refractivity (Wildman–Crippen MR) is 89.8 cm³/mol. The molecule has 1 amide bonds. The van der Waals surface area contributed by atoms with Gasteiger partial charge in [0.05, 0.1) is 16.3 Å². The van der Waals surface area contributed by atoms with Gasteiger partial charge in [-0.05, 0) is 51.5 Å². The van der Waals surface area contributed by atoms with Crippen molar-refractivity contribution in [1.82, 2.24) is 10.2 Å². The van der Waals surface area contributed by atoms with Gasteiger partial charge in [0, 0.05) is 6.04 Å². The second-order valence-electron chi connectivity index (χ2n) is 5.24. The lowest BCUT2D eigenvalue weighted by molar-refractivity contribution is 0.0938. The van der Waals surface area contributed by atoms with Crippen molar-refractivity contribution in [3.05, 3.63) is 28.8 Å². The Bertz CT molecular complexity index is 461. The number of anilines is 1. The fourth-order valence-corrected chi connectivity index (χ4v) is 2.44. The number of hydrogen-bond donors (Lipinski definition) is 2. The van der Waals surface area contributed by atoms with E-state index in [-0.39, 0.29) is 11.9 Å². The first-order valence-corrected chi connectivity index (χ1v) is 7.94. The summed E-state index contributed by atoms with van der Waals surface area (Å²) in [6, 6.07) is 5.23. The van der Waals surface area contributed by atoms with Gasteiger partial charge in [-0.1, -0.05) is 31.5 Å². The van der Waals surface area contributed by atoms with Crippen LogP contribution in [0.25, 0.3) is 0 Å². The van der Waals surface area contributed by atoms with E-state index in [1.807, 2.05) is 6.92 Å². The Morgan fingerprint density at radius 2 is 2.05 bits per heavy atom. The van der Waals surface area contributed by atoms with Gasteiger partial charge in [-0.25, -0.2) is 0 Å². The molecule has 1 aromatic rings. The number of para-hydroxylation sites is 1. The Morgan fingerprint density at radius 3 is 2.67 bits per heavy atom. The largest absolute Gasteiger partial charge is 0.397 e. The monoisotopic (exact) mass is 311 g/mol. The summed E-state index contributed by atoms with van der Waals surface area (Å²) < 4.78 is 0. The van der Waals surface area contributed by atoms with E-state index < -0.39 is 0 Å². The Labute approximate surface area is 132 Å². The summed E-state index contributed by atoms with van der Waals surface area (Å²) in [6.07, 6.45) is 2.01. The minimum Gasteiger partial charge on any atom is -0.397 e. The fraction of sp³-hybridized carbons (Fsp3) is 0.562. The van der Waals surface area contributed by atoms with Crippen LogP contribution in [-0.2, 0) is 0 Å². The van der Waals surface area contributed by atoms with Crippen LogP contribution in [0.4, 0.5) is 5.69 Å². The lowest BCUT2D eigenvalue weighted by Crippen LogP contribution is -2.34. The fourth-order valence-electron chi connectivity index (χ4n) is 2.27. The Morgan fingerprint density at radius 1 is 1.38 bits per heavy atom. The zero-order valence-electron chi connectivity index (χ0n) is 13.2. The maximum Gasteiger partial charge on any atom is 0.253 e. The Hall–Kier alpha value is -1.26. The molecule has 1 atom stereocenters. The highest BCUT2D eigenvalue weighted by Gasteiger charge is 2.14. The smallest absolute Gasteiger partial charge is 0.253 e. The maximum atomic E-state index is 12.2. The molecule has 1 rings (SSSR count). The van der Waals surface area contributed by atoms with E-state index in [1.165, 1.54) is 0 Å². The van der Waals surface area contributed by atoms with E-state index in [9.17, 15) is 4.79 Å². The van der Waals surface area contributed by atoms with Crippen molar-refractivity contribution >= 4 is 23.2 Å². The molecule has 1 unspecified atom stereocenters. The van der Waals surface area contributed by atoms with Crippen molar-refractivity contribution in [1.29, 1.82) is 0 Å². The van der Waals surface area contributed by atoms with Crippen LogP contribution in [-0.4, -0.2) is 36.5 Å². The Balaban J connectivity index is 2.45. The molecule has 0 bridgehead atoms. The molecule has 0 aliphatic rings. The average Bonchev–Trinajstić information content (AvgIpc) is 2.46. The van der Waals surface area contributed by atoms with E-state index in [1.54, 1.807) is 18.2 Å². The van der Waals surface area contributed by atoms with Gasteiger partial charge in [-0.2, -0.15) is 0 Å². The second-order valence-corrected chi connectivity index (χ2v) is 5.65. The molecular formula is C16H26ClN3O. The number of carbonyl (C=O) groups is 1. The summed E-state index contributed by atoms with van der Waals surface area (Å²) >= 11 is 5.93. The quantitative estimate of drug-likeness (QED) is 0.725. The molecule has 0 aromatic heterocycles. The van der Waals surface area contributed by atoms with Crippen molar-refractivity contribution in [3.63, 3.8) is 0 Å². The number of nitrogens with two attached hydrogens (primary N) is 1. The molecule has 0 aliphatic heterocycles. The molecule has 21 heavy (non-hydrogen) atoms. The van der Waals surface area contributed by atoms with Gasteiger partial charge >= 0.3 is 0 Å². The number of amides is 1. The topological polar surface area (TPSA) is 58.4 Å². The first-order chi connectivity index (χ1) is 9.99. The number of halogens is 1. The van der Waals surface area contributed by atoms with Crippen molar-refractivity contribution < 1.29 is 4.79 Å². The SMILES string of the molecule is CCN(CC)CCCC(C)NC(=O)c1cccc(Cl)c1N. The highest BCUT2D eigenvalue weighted by Crippen LogP contribution is 2.22. The number of nitrogens with zero attached hydrogens (tertiary/aromatic N) is 1. The summed E-state index contributed by atoms with van der Waals surface area (Å²) in [7, 11) is 0. The number of nitrogen functional groups attached to an aromatic ring is 1.